The third kappa shape index (κ3) is 2.26. The van der Waals surface area contributed by atoms with Gasteiger partial charge in [0.15, 0.2) is 0 Å². The number of nitrogens with zero attached hydrogens (tertiary/aromatic N) is 1. The normalized spacial score (nSPS) is 18.1. The van der Waals surface area contributed by atoms with E-state index in [-0.39, 0.29) is 11.3 Å². The monoisotopic (exact) mass is 360 g/mol. The van der Waals surface area contributed by atoms with Crippen molar-refractivity contribution in [1.29, 1.82) is 0 Å². The lowest BCUT2D eigenvalue weighted by molar-refractivity contribution is 0.0986. The Morgan fingerprint density at radius 3 is 2.50 bits per heavy atom. The van der Waals surface area contributed by atoms with Crippen LogP contribution in [0.25, 0.3) is 0 Å². The number of benzene rings is 1. The molecule has 1 aliphatic heterocycles. The Hall–Kier alpha value is -1.85. The first kappa shape index (κ1) is 15.7. The average molecular weight is 361 g/mol. The molecule has 0 atom stereocenters. The zero-order chi connectivity index (χ0) is 16.9. The van der Waals surface area contributed by atoms with E-state index in [1.165, 1.54) is 18.4 Å². The molecule has 2 aliphatic rings. The fourth-order valence-corrected chi connectivity index (χ4v) is 5.14. The number of thiophene rings is 1. The highest BCUT2D eigenvalue weighted by atomic mass is 35.5. The average Bonchev–Trinajstić information content (AvgIpc) is 3.28. The summed E-state index contributed by atoms with van der Waals surface area (Å²) in [7, 11) is 0. The highest BCUT2D eigenvalue weighted by molar-refractivity contribution is 7.16. The zero-order valence-electron chi connectivity index (χ0n) is 13.0. The molecule has 0 saturated heterocycles. The van der Waals surface area contributed by atoms with Crippen molar-refractivity contribution in [3.05, 3.63) is 50.7 Å². The smallest absolute Gasteiger partial charge is 0.268 e. The molecule has 4 nitrogen and oxygen atoms in total. The topological polar surface area (TPSA) is 63.4 Å². The maximum absolute atomic E-state index is 13.1. The Morgan fingerprint density at radius 2 is 1.83 bits per heavy atom. The Labute approximate surface area is 149 Å². The lowest BCUT2D eigenvalue weighted by Crippen LogP contribution is -2.35. The number of hydrogen-bond donors (Lipinski definition) is 1. The quantitative estimate of drug-likeness (QED) is 0.880. The number of carbonyl (C=O) groups excluding carboxylic acids is 2. The standard InChI is InChI=1S/C18H17ClN2O2S/c19-12-5-3-4-11-15(12)21(10-18(11)8-1-2-9-18)17(23)14-7-6-13(24-14)16(20)22/h3-7H,1-2,8-10H2,(H2,20,22). The largest absolute Gasteiger partial charge is 0.365 e. The van der Waals surface area contributed by atoms with E-state index >= 15 is 0 Å². The number of rotatable bonds is 2. The molecule has 2 aromatic rings. The van der Waals surface area contributed by atoms with Gasteiger partial charge in [0.2, 0.25) is 0 Å². The van der Waals surface area contributed by atoms with Gasteiger partial charge in [0.25, 0.3) is 11.8 Å². The molecular formula is C18H17ClN2O2S. The van der Waals surface area contributed by atoms with Crippen LogP contribution in [0.4, 0.5) is 5.69 Å². The van der Waals surface area contributed by atoms with Gasteiger partial charge in [-0.1, -0.05) is 36.6 Å². The van der Waals surface area contributed by atoms with E-state index in [0.29, 0.717) is 21.3 Å². The number of amides is 2. The van der Waals surface area contributed by atoms with Gasteiger partial charge < -0.3 is 10.6 Å². The van der Waals surface area contributed by atoms with Crippen LogP contribution in [0.1, 0.15) is 50.6 Å². The highest BCUT2D eigenvalue weighted by Gasteiger charge is 2.47. The number of carbonyl (C=O) groups is 2. The van der Waals surface area contributed by atoms with E-state index in [1.807, 2.05) is 12.1 Å². The van der Waals surface area contributed by atoms with Crippen LogP contribution in [-0.4, -0.2) is 18.4 Å². The van der Waals surface area contributed by atoms with Crippen LogP contribution in [0.2, 0.25) is 5.02 Å². The molecule has 2 amide bonds. The van der Waals surface area contributed by atoms with Gasteiger partial charge in [-0.3, -0.25) is 9.59 Å². The molecule has 2 N–H and O–H groups in total. The molecule has 6 heteroatoms. The van der Waals surface area contributed by atoms with Gasteiger partial charge >= 0.3 is 0 Å². The second-order valence-electron chi connectivity index (χ2n) is 6.54. The minimum absolute atomic E-state index is 0.0275. The van der Waals surface area contributed by atoms with Crippen LogP contribution in [0.3, 0.4) is 0 Å². The van der Waals surface area contributed by atoms with Crippen LogP contribution in [0.5, 0.6) is 0 Å². The predicted molar refractivity (Wildman–Crippen MR) is 96.1 cm³/mol. The van der Waals surface area contributed by atoms with Gasteiger partial charge in [-0.15, -0.1) is 11.3 Å². The van der Waals surface area contributed by atoms with Gasteiger partial charge in [-0.25, -0.2) is 0 Å². The molecule has 24 heavy (non-hydrogen) atoms. The van der Waals surface area contributed by atoms with E-state index in [2.05, 4.69) is 6.07 Å². The molecule has 124 valence electrons. The number of hydrogen-bond acceptors (Lipinski definition) is 3. The summed E-state index contributed by atoms with van der Waals surface area (Å²) in [6.45, 7) is 0.661. The van der Waals surface area contributed by atoms with Crippen molar-refractivity contribution in [3.63, 3.8) is 0 Å². The van der Waals surface area contributed by atoms with Crippen LogP contribution in [-0.2, 0) is 5.41 Å². The van der Waals surface area contributed by atoms with E-state index in [1.54, 1.807) is 17.0 Å². The number of halogens is 1. The Bertz CT molecular complexity index is 839. The fourth-order valence-electron chi connectivity index (χ4n) is 4.06. The first-order chi connectivity index (χ1) is 11.5. The summed E-state index contributed by atoms with van der Waals surface area (Å²) in [6.07, 6.45) is 4.53. The summed E-state index contributed by atoms with van der Waals surface area (Å²) in [4.78, 5) is 27.1. The fraction of sp³-hybridized carbons (Fsp3) is 0.333. The summed E-state index contributed by atoms with van der Waals surface area (Å²) < 4.78 is 0. The lowest BCUT2D eigenvalue weighted by atomic mass is 9.81. The van der Waals surface area contributed by atoms with E-state index in [0.717, 1.165) is 29.9 Å². The second kappa shape index (κ2) is 5.60. The minimum Gasteiger partial charge on any atom is -0.365 e. The van der Waals surface area contributed by atoms with Crippen molar-refractivity contribution in [3.8, 4) is 0 Å². The van der Waals surface area contributed by atoms with Gasteiger partial charge in [-0.2, -0.15) is 0 Å². The number of primary amides is 1. The second-order valence-corrected chi connectivity index (χ2v) is 8.03. The molecule has 1 aromatic heterocycles. The Kier molecular flexibility index (Phi) is 3.66. The third-order valence-corrected chi connectivity index (χ3v) is 6.55. The van der Waals surface area contributed by atoms with Gasteiger partial charge in [0.1, 0.15) is 0 Å². The maximum atomic E-state index is 13.1. The molecule has 1 aliphatic carbocycles. The molecule has 0 bridgehead atoms. The van der Waals surface area contributed by atoms with E-state index < -0.39 is 5.91 Å². The van der Waals surface area contributed by atoms with Gasteiger partial charge in [0.05, 0.1) is 20.5 Å². The molecule has 1 saturated carbocycles. The van der Waals surface area contributed by atoms with Gasteiger partial charge in [0, 0.05) is 12.0 Å². The first-order valence-electron chi connectivity index (χ1n) is 8.02. The number of para-hydroxylation sites is 1. The van der Waals surface area contributed by atoms with Crippen LogP contribution >= 0.6 is 22.9 Å². The number of fused-ring (bicyclic) bond motifs is 2. The van der Waals surface area contributed by atoms with Crippen molar-refractivity contribution in [2.75, 3.05) is 11.4 Å². The molecule has 1 spiro atoms. The molecule has 2 heterocycles. The zero-order valence-corrected chi connectivity index (χ0v) is 14.6. The SMILES string of the molecule is NC(=O)c1ccc(C(=O)N2CC3(CCCC3)c3cccc(Cl)c32)s1. The Balaban J connectivity index is 1.76. The van der Waals surface area contributed by atoms with Crippen LogP contribution in [0.15, 0.2) is 30.3 Å². The lowest BCUT2D eigenvalue weighted by Gasteiger charge is -2.24. The molecular weight excluding hydrogens is 344 g/mol. The number of anilines is 1. The summed E-state index contributed by atoms with van der Waals surface area (Å²) in [5.41, 5.74) is 7.35. The summed E-state index contributed by atoms with van der Waals surface area (Å²) in [5.74, 6) is -0.614. The van der Waals surface area contributed by atoms with E-state index in [9.17, 15) is 9.59 Å². The van der Waals surface area contributed by atoms with Crippen LogP contribution in [0, 0.1) is 0 Å². The summed E-state index contributed by atoms with van der Waals surface area (Å²) in [6, 6.07) is 9.17. The molecule has 1 aromatic carbocycles. The highest BCUT2D eigenvalue weighted by Crippen LogP contribution is 2.52. The third-order valence-electron chi connectivity index (χ3n) is 5.15. The summed E-state index contributed by atoms with van der Waals surface area (Å²) in [5, 5.41) is 0.608. The van der Waals surface area contributed by atoms with Crippen molar-refractivity contribution in [2.24, 2.45) is 5.73 Å². The van der Waals surface area contributed by atoms with Gasteiger partial charge in [-0.05, 0) is 36.6 Å². The molecule has 1 fully saturated rings. The summed E-state index contributed by atoms with van der Waals surface area (Å²) >= 11 is 7.59. The van der Waals surface area contributed by atoms with Crippen LogP contribution < -0.4 is 10.6 Å². The van der Waals surface area contributed by atoms with Crippen molar-refractivity contribution >= 4 is 40.4 Å². The first-order valence-corrected chi connectivity index (χ1v) is 9.22. The molecule has 4 rings (SSSR count). The van der Waals surface area contributed by atoms with Crippen molar-refractivity contribution in [2.45, 2.75) is 31.1 Å². The molecule has 0 radical (unpaired) electrons. The number of nitrogens with two attached hydrogens (primary N) is 1. The molecule has 0 unspecified atom stereocenters. The van der Waals surface area contributed by atoms with E-state index in [4.69, 9.17) is 17.3 Å². The van der Waals surface area contributed by atoms with Crippen molar-refractivity contribution < 1.29 is 9.59 Å². The predicted octanol–water partition coefficient (Wildman–Crippen LogP) is 3.97. The maximum Gasteiger partial charge on any atom is 0.268 e. The Morgan fingerprint density at radius 1 is 1.12 bits per heavy atom. The van der Waals surface area contributed by atoms with Crippen molar-refractivity contribution in [1.82, 2.24) is 0 Å². The minimum atomic E-state index is -0.508.